The average Bonchev–Trinajstić information content (AvgIpc) is 2.43. The van der Waals surface area contributed by atoms with Crippen molar-refractivity contribution in [2.75, 3.05) is 5.32 Å². The maximum atomic E-state index is 11.8. The number of amides is 2. The van der Waals surface area contributed by atoms with E-state index in [1.807, 2.05) is 6.92 Å². The number of nitro groups is 1. The number of benzene rings is 1. The molecule has 0 spiro atoms. The van der Waals surface area contributed by atoms with Crippen molar-refractivity contribution >= 4 is 23.4 Å². The van der Waals surface area contributed by atoms with Crippen LogP contribution in [0.4, 0.5) is 16.2 Å². The second kappa shape index (κ2) is 7.22. The zero-order chi connectivity index (χ0) is 16.0. The highest BCUT2D eigenvalue weighted by atomic mass is 16.6. The highest BCUT2D eigenvalue weighted by molar-refractivity contribution is 5.92. The molecule has 0 heterocycles. The van der Waals surface area contributed by atoms with Gasteiger partial charge in [0.25, 0.3) is 5.69 Å². The molecule has 0 unspecified atom stereocenters. The summed E-state index contributed by atoms with van der Waals surface area (Å²) in [5.74, 6) is -1.36. The lowest BCUT2D eigenvalue weighted by Gasteiger charge is -2.20. The number of anilines is 1. The summed E-state index contributed by atoms with van der Waals surface area (Å²) >= 11 is 0. The van der Waals surface area contributed by atoms with Crippen LogP contribution < -0.4 is 10.6 Å². The lowest BCUT2D eigenvalue weighted by atomic mass is 9.99. The summed E-state index contributed by atoms with van der Waals surface area (Å²) in [6, 6.07) is 3.65. The number of rotatable bonds is 6. The molecule has 3 N–H and O–H groups in total. The van der Waals surface area contributed by atoms with Gasteiger partial charge in [0.05, 0.1) is 4.92 Å². The molecule has 8 nitrogen and oxygen atoms in total. The number of carboxylic acids is 1. The van der Waals surface area contributed by atoms with Crippen LogP contribution in [-0.2, 0) is 4.79 Å². The van der Waals surface area contributed by atoms with Gasteiger partial charge in [0.15, 0.2) is 0 Å². The number of nitro benzene ring substituents is 1. The van der Waals surface area contributed by atoms with Crippen molar-refractivity contribution in [2.45, 2.75) is 26.3 Å². The maximum absolute atomic E-state index is 11.8. The molecule has 0 saturated heterocycles. The molecule has 0 bridgehead atoms. The van der Waals surface area contributed by atoms with Crippen LogP contribution in [0.1, 0.15) is 20.3 Å². The molecule has 2 atom stereocenters. The van der Waals surface area contributed by atoms with Gasteiger partial charge in [-0.05, 0) is 12.0 Å². The van der Waals surface area contributed by atoms with Gasteiger partial charge in [-0.15, -0.1) is 0 Å². The van der Waals surface area contributed by atoms with E-state index in [0.717, 1.165) is 0 Å². The van der Waals surface area contributed by atoms with Crippen LogP contribution in [0.3, 0.4) is 0 Å². The number of non-ortho nitro benzene ring substituents is 1. The molecule has 114 valence electrons. The molecule has 0 aliphatic heterocycles. The highest BCUT2D eigenvalue weighted by Gasteiger charge is 2.25. The van der Waals surface area contributed by atoms with E-state index in [4.69, 9.17) is 5.11 Å². The van der Waals surface area contributed by atoms with Crippen LogP contribution >= 0.6 is 0 Å². The number of carbonyl (C=O) groups excluding carboxylic acids is 1. The molecule has 0 aliphatic carbocycles. The molecule has 1 rings (SSSR count). The van der Waals surface area contributed by atoms with E-state index in [0.29, 0.717) is 6.42 Å². The molecule has 0 aliphatic rings. The van der Waals surface area contributed by atoms with Crippen molar-refractivity contribution in [3.05, 3.63) is 34.4 Å². The van der Waals surface area contributed by atoms with Gasteiger partial charge in [0.1, 0.15) is 6.04 Å². The fourth-order valence-electron chi connectivity index (χ4n) is 1.69. The summed E-state index contributed by atoms with van der Waals surface area (Å²) in [6.07, 6.45) is 0.591. The average molecular weight is 295 g/mol. The van der Waals surface area contributed by atoms with Crippen LogP contribution in [-0.4, -0.2) is 28.1 Å². The van der Waals surface area contributed by atoms with E-state index < -0.39 is 23.0 Å². The number of hydrogen-bond donors (Lipinski definition) is 3. The van der Waals surface area contributed by atoms with Crippen molar-refractivity contribution in [2.24, 2.45) is 5.92 Å². The van der Waals surface area contributed by atoms with E-state index in [2.05, 4.69) is 10.6 Å². The quantitative estimate of drug-likeness (QED) is 0.548. The first-order chi connectivity index (χ1) is 9.85. The molecular weight excluding hydrogens is 278 g/mol. The summed E-state index contributed by atoms with van der Waals surface area (Å²) < 4.78 is 0. The molecule has 1 aromatic carbocycles. The summed E-state index contributed by atoms with van der Waals surface area (Å²) in [5.41, 5.74) is 0.0551. The summed E-state index contributed by atoms with van der Waals surface area (Å²) in [4.78, 5) is 32.9. The Morgan fingerprint density at radius 1 is 1.43 bits per heavy atom. The third-order valence-corrected chi connectivity index (χ3v) is 3.08. The second-order valence-corrected chi connectivity index (χ2v) is 4.61. The molecule has 21 heavy (non-hydrogen) atoms. The van der Waals surface area contributed by atoms with E-state index in [1.165, 1.54) is 24.3 Å². The van der Waals surface area contributed by atoms with Crippen LogP contribution in [0.15, 0.2) is 24.3 Å². The van der Waals surface area contributed by atoms with E-state index >= 15 is 0 Å². The van der Waals surface area contributed by atoms with E-state index in [-0.39, 0.29) is 17.3 Å². The van der Waals surface area contributed by atoms with Gasteiger partial charge < -0.3 is 15.7 Å². The first kappa shape index (κ1) is 16.4. The molecule has 1 aromatic rings. The smallest absolute Gasteiger partial charge is 0.326 e. The summed E-state index contributed by atoms with van der Waals surface area (Å²) in [7, 11) is 0. The lowest BCUT2D eigenvalue weighted by Crippen LogP contribution is -2.46. The topological polar surface area (TPSA) is 122 Å². The van der Waals surface area contributed by atoms with Crippen molar-refractivity contribution in [3.8, 4) is 0 Å². The Balaban J connectivity index is 2.74. The fourth-order valence-corrected chi connectivity index (χ4v) is 1.69. The zero-order valence-electron chi connectivity index (χ0n) is 11.7. The predicted octanol–water partition coefficient (Wildman–Crippen LogP) is 2.22. The molecule has 2 amide bonds. The molecule has 8 heteroatoms. The molecule has 0 radical (unpaired) electrons. The first-order valence-electron chi connectivity index (χ1n) is 6.40. The van der Waals surface area contributed by atoms with Gasteiger partial charge >= 0.3 is 12.0 Å². The molecule has 0 saturated carbocycles. The van der Waals surface area contributed by atoms with Gasteiger partial charge in [-0.3, -0.25) is 10.1 Å². The third-order valence-electron chi connectivity index (χ3n) is 3.08. The van der Waals surface area contributed by atoms with Gasteiger partial charge in [-0.2, -0.15) is 0 Å². The minimum Gasteiger partial charge on any atom is -0.480 e. The number of nitrogens with one attached hydrogen (secondary N) is 2. The largest absolute Gasteiger partial charge is 0.480 e. The summed E-state index contributed by atoms with van der Waals surface area (Å²) in [5, 5.41) is 24.4. The second-order valence-electron chi connectivity index (χ2n) is 4.61. The van der Waals surface area contributed by atoms with Crippen molar-refractivity contribution in [1.29, 1.82) is 0 Å². The minimum absolute atomic E-state index is 0.162. The Hall–Kier alpha value is -2.64. The van der Waals surface area contributed by atoms with E-state index in [9.17, 15) is 19.7 Å². The number of hydrogen-bond acceptors (Lipinski definition) is 4. The monoisotopic (exact) mass is 295 g/mol. The standard InChI is InChI=1S/C13H17N3O5/c1-3-8(2)11(12(17)18)15-13(19)14-9-5-4-6-10(7-9)16(20)21/h4-8,11H,3H2,1-2H3,(H,17,18)(H2,14,15,19)/t8-,11-/m0/s1. The molecular formula is C13H17N3O5. The number of carboxylic acid groups (broad SMARTS) is 1. The zero-order valence-corrected chi connectivity index (χ0v) is 11.7. The highest BCUT2D eigenvalue weighted by Crippen LogP contribution is 2.17. The van der Waals surface area contributed by atoms with Gasteiger partial charge in [-0.1, -0.05) is 26.3 Å². The van der Waals surface area contributed by atoms with E-state index in [1.54, 1.807) is 6.92 Å². The number of carbonyl (C=O) groups is 2. The van der Waals surface area contributed by atoms with Crippen molar-refractivity contribution in [3.63, 3.8) is 0 Å². The first-order valence-corrected chi connectivity index (χ1v) is 6.40. The van der Waals surface area contributed by atoms with Crippen LogP contribution in [0.5, 0.6) is 0 Å². The Bertz CT molecular complexity index is 546. The number of nitrogens with zero attached hydrogens (tertiary/aromatic N) is 1. The van der Waals surface area contributed by atoms with Crippen LogP contribution in [0.25, 0.3) is 0 Å². The minimum atomic E-state index is -1.13. The normalized spacial score (nSPS) is 13.0. The van der Waals surface area contributed by atoms with Crippen molar-refractivity contribution < 1.29 is 19.6 Å². The Labute approximate surface area is 121 Å². The summed E-state index contributed by atoms with van der Waals surface area (Å²) in [6.45, 7) is 3.53. The number of aliphatic carboxylic acids is 1. The molecule has 0 aromatic heterocycles. The third kappa shape index (κ3) is 4.75. The maximum Gasteiger partial charge on any atom is 0.326 e. The lowest BCUT2D eigenvalue weighted by molar-refractivity contribution is -0.384. The SMILES string of the molecule is CC[C@H](C)[C@H](NC(=O)Nc1cccc([N+](=O)[O-])c1)C(=O)O. The number of urea groups is 1. The van der Waals surface area contributed by atoms with Gasteiger partial charge in [0.2, 0.25) is 0 Å². The Morgan fingerprint density at radius 2 is 2.10 bits per heavy atom. The van der Waals surface area contributed by atoms with Crippen LogP contribution in [0.2, 0.25) is 0 Å². The van der Waals surface area contributed by atoms with Gasteiger partial charge in [-0.25, -0.2) is 9.59 Å². The van der Waals surface area contributed by atoms with Crippen molar-refractivity contribution in [1.82, 2.24) is 5.32 Å². The Kier molecular flexibility index (Phi) is 5.65. The van der Waals surface area contributed by atoms with Gasteiger partial charge in [0, 0.05) is 17.8 Å². The van der Waals surface area contributed by atoms with Crippen LogP contribution in [0, 0.1) is 16.0 Å². The Morgan fingerprint density at radius 3 is 2.62 bits per heavy atom. The molecule has 0 fully saturated rings. The fraction of sp³-hybridized carbons (Fsp3) is 0.385. The predicted molar refractivity (Wildman–Crippen MR) is 76.1 cm³/mol.